The number of urea groups is 1. The van der Waals surface area contributed by atoms with E-state index < -0.39 is 22.8 Å². The molecular weight excluding hydrogens is 408 g/mol. The molecule has 4 amide bonds. The lowest BCUT2D eigenvalue weighted by atomic mass is 10.1. The number of nitro groups is 1. The molecule has 0 aliphatic carbocycles. The van der Waals surface area contributed by atoms with Crippen molar-refractivity contribution in [2.45, 2.75) is 9.79 Å². The van der Waals surface area contributed by atoms with Crippen LogP contribution in [0.1, 0.15) is 5.56 Å². The molecule has 1 aliphatic rings. The van der Waals surface area contributed by atoms with Crippen LogP contribution in [-0.4, -0.2) is 27.8 Å². The minimum absolute atomic E-state index is 0.185. The molecule has 0 spiro atoms. The first-order chi connectivity index (χ1) is 14.4. The van der Waals surface area contributed by atoms with Gasteiger partial charge in [-0.05, 0) is 29.8 Å². The quantitative estimate of drug-likeness (QED) is 0.287. The first kappa shape index (κ1) is 19.3. The van der Waals surface area contributed by atoms with Crippen LogP contribution in [0.4, 0.5) is 10.5 Å². The SMILES string of the molecule is O=C1NC(=O)C(=Cc2ccc(Sc3cccc4cccnc34)c([N+](=O)[O-])c2)C(=O)N1. The molecule has 1 fully saturated rings. The number of barbiturate groups is 1. The topological polar surface area (TPSA) is 131 Å². The minimum Gasteiger partial charge on any atom is -0.273 e. The number of imide groups is 2. The fourth-order valence-electron chi connectivity index (χ4n) is 2.90. The summed E-state index contributed by atoms with van der Waals surface area (Å²) in [5.74, 6) is -1.74. The van der Waals surface area contributed by atoms with Crippen LogP contribution in [0.3, 0.4) is 0 Å². The van der Waals surface area contributed by atoms with Gasteiger partial charge in [0, 0.05) is 22.5 Å². The number of rotatable bonds is 4. The monoisotopic (exact) mass is 420 g/mol. The molecule has 1 aliphatic heterocycles. The Balaban J connectivity index is 1.72. The maximum atomic E-state index is 11.9. The second-order valence-corrected chi connectivity index (χ2v) is 7.30. The molecule has 148 valence electrons. The fourth-order valence-corrected chi connectivity index (χ4v) is 3.93. The van der Waals surface area contributed by atoms with Gasteiger partial charge in [0.05, 0.1) is 15.3 Å². The van der Waals surface area contributed by atoms with Crippen molar-refractivity contribution in [1.29, 1.82) is 0 Å². The van der Waals surface area contributed by atoms with Gasteiger partial charge in [0.1, 0.15) is 5.57 Å². The third kappa shape index (κ3) is 3.76. The number of para-hydroxylation sites is 1. The number of nitrogens with one attached hydrogen (secondary N) is 2. The van der Waals surface area contributed by atoms with E-state index in [9.17, 15) is 24.5 Å². The minimum atomic E-state index is -0.913. The number of nitrogens with zero attached hydrogens (tertiary/aromatic N) is 2. The summed E-state index contributed by atoms with van der Waals surface area (Å²) < 4.78 is 0. The Labute approximate surface area is 173 Å². The van der Waals surface area contributed by atoms with Gasteiger partial charge in [0.25, 0.3) is 17.5 Å². The number of pyridine rings is 1. The van der Waals surface area contributed by atoms with Crippen LogP contribution in [0, 0.1) is 10.1 Å². The smallest absolute Gasteiger partial charge is 0.273 e. The molecule has 0 atom stereocenters. The average Bonchev–Trinajstić information content (AvgIpc) is 2.71. The number of hydrogen-bond donors (Lipinski definition) is 2. The van der Waals surface area contributed by atoms with Gasteiger partial charge in [0.2, 0.25) is 0 Å². The lowest BCUT2D eigenvalue weighted by molar-refractivity contribution is -0.387. The van der Waals surface area contributed by atoms with Gasteiger partial charge in [-0.25, -0.2) is 4.79 Å². The number of carbonyl (C=O) groups is 3. The molecule has 0 bridgehead atoms. The number of amides is 4. The Morgan fingerprint density at radius 1 is 0.967 bits per heavy atom. The molecule has 1 aromatic heterocycles. The van der Waals surface area contributed by atoms with Crippen molar-refractivity contribution in [2.75, 3.05) is 0 Å². The second-order valence-electron chi connectivity index (χ2n) is 6.21. The van der Waals surface area contributed by atoms with E-state index in [4.69, 9.17) is 0 Å². The summed E-state index contributed by atoms with van der Waals surface area (Å²) in [6.45, 7) is 0. The zero-order valence-electron chi connectivity index (χ0n) is 15.1. The Hall–Kier alpha value is -4.05. The van der Waals surface area contributed by atoms with E-state index in [1.807, 2.05) is 41.0 Å². The zero-order valence-corrected chi connectivity index (χ0v) is 15.9. The van der Waals surface area contributed by atoms with Crippen molar-refractivity contribution >= 4 is 52.3 Å². The van der Waals surface area contributed by atoms with E-state index >= 15 is 0 Å². The van der Waals surface area contributed by atoms with E-state index in [1.54, 1.807) is 18.3 Å². The fraction of sp³-hybridized carbons (Fsp3) is 0. The predicted octanol–water partition coefficient (Wildman–Crippen LogP) is 3.04. The van der Waals surface area contributed by atoms with Crippen molar-refractivity contribution in [2.24, 2.45) is 0 Å². The van der Waals surface area contributed by atoms with Gasteiger partial charge in [-0.15, -0.1) is 0 Å². The number of carbonyl (C=O) groups excluding carboxylic acids is 3. The van der Waals surface area contributed by atoms with Crippen LogP contribution in [0.25, 0.3) is 17.0 Å². The molecule has 0 radical (unpaired) electrons. The molecule has 2 heterocycles. The standard InChI is InChI=1S/C20H12N4O5S/c25-18-13(19(26)23-20(27)22-18)9-11-6-7-15(14(10-11)24(28)29)30-16-5-1-3-12-4-2-8-21-17(12)16/h1-10H,(H2,22,23,25,26,27). The zero-order chi connectivity index (χ0) is 21.3. The number of benzene rings is 2. The van der Waals surface area contributed by atoms with Gasteiger partial charge in [-0.3, -0.25) is 35.3 Å². The van der Waals surface area contributed by atoms with Gasteiger partial charge < -0.3 is 0 Å². The Morgan fingerprint density at radius 3 is 2.43 bits per heavy atom. The van der Waals surface area contributed by atoms with Crippen LogP contribution >= 0.6 is 11.8 Å². The number of nitro benzene ring substituents is 1. The molecule has 0 saturated carbocycles. The lowest BCUT2D eigenvalue weighted by Crippen LogP contribution is -2.51. The van der Waals surface area contributed by atoms with Gasteiger partial charge in [-0.1, -0.05) is 36.0 Å². The lowest BCUT2D eigenvalue weighted by Gasteiger charge is -2.14. The summed E-state index contributed by atoms with van der Waals surface area (Å²) in [7, 11) is 0. The van der Waals surface area contributed by atoms with Crippen molar-refractivity contribution < 1.29 is 19.3 Å². The van der Waals surface area contributed by atoms with E-state index in [0.717, 1.165) is 15.8 Å². The first-order valence-corrected chi connectivity index (χ1v) is 9.42. The maximum absolute atomic E-state index is 11.9. The normalized spacial score (nSPS) is 13.7. The summed E-state index contributed by atoms with van der Waals surface area (Å²) in [6, 6.07) is 12.7. The summed E-state index contributed by atoms with van der Waals surface area (Å²) in [6.07, 6.45) is 2.85. The predicted molar refractivity (Wildman–Crippen MR) is 109 cm³/mol. The molecular formula is C20H12N4O5S. The van der Waals surface area contributed by atoms with Crippen LogP contribution in [0.15, 0.2) is 70.1 Å². The Kier molecular flexibility index (Phi) is 4.98. The molecule has 3 aromatic rings. The molecule has 9 nitrogen and oxygen atoms in total. The van der Waals surface area contributed by atoms with Gasteiger partial charge in [-0.2, -0.15) is 0 Å². The Bertz CT molecular complexity index is 1240. The van der Waals surface area contributed by atoms with E-state index in [2.05, 4.69) is 4.98 Å². The molecule has 1 saturated heterocycles. The number of hydrogen-bond acceptors (Lipinski definition) is 7. The van der Waals surface area contributed by atoms with E-state index in [1.165, 1.54) is 23.9 Å². The highest BCUT2D eigenvalue weighted by atomic mass is 32.2. The highest BCUT2D eigenvalue weighted by Crippen LogP contribution is 2.38. The average molecular weight is 420 g/mol. The Morgan fingerprint density at radius 2 is 1.70 bits per heavy atom. The highest BCUT2D eigenvalue weighted by molar-refractivity contribution is 7.99. The molecule has 10 heteroatoms. The number of fused-ring (bicyclic) bond motifs is 1. The molecule has 0 unspecified atom stereocenters. The van der Waals surface area contributed by atoms with Crippen molar-refractivity contribution in [3.8, 4) is 0 Å². The maximum Gasteiger partial charge on any atom is 0.328 e. The van der Waals surface area contributed by atoms with Crippen LogP contribution in [-0.2, 0) is 9.59 Å². The first-order valence-electron chi connectivity index (χ1n) is 8.61. The number of aromatic nitrogens is 1. The van der Waals surface area contributed by atoms with Crippen LogP contribution < -0.4 is 10.6 Å². The second kappa shape index (κ2) is 7.76. The van der Waals surface area contributed by atoms with Crippen molar-refractivity contribution in [3.63, 3.8) is 0 Å². The third-order valence-corrected chi connectivity index (χ3v) is 5.36. The van der Waals surface area contributed by atoms with E-state index in [-0.39, 0.29) is 16.8 Å². The molecule has 30 heavy (non-hydrogen) atoms. The molecule has 4 rings (SSSR count). The molecule has 2 N–H and O–H groups in total. The van der Waals surface area contributed by atoms with Crippen LogP contribution in [0.5, 0.6) is 0 Å². The van der Waals surface area contributed by atoms with Crippen LogP contribution in [0.2, 0.25) is 0 Å². The summed E-state index contributed by atoms with van der Waals surface area (Å²) in [5.41, 5.74) is 0.500. The summed E-state index contributed by atoms with van der Waals surface area (Å²) in [4.78, 5) is 51.5. The third-order valence-electron chi connectivity index (χ3n) is 4.25. The largest absolute Gasteiger partial charge is 0.328 e. The van der Waals surface area contributed by atoms with Gasteiger partial charge >= 0.3 is 6.03 Å². The summed E-state index contributed by atoms with van der Waals surface area (Å²) >= 11 is 1.20. The van der Waals surface area contributed by atoms with Crippen molar-refractivity contribution in [1.82, 2.24) is 15.6 Å². The highest BCUT2D eigenvalue weighted by Gasteiger charge is 2.28. The van der Waals surface area contributed by atoms with Crippen molar-refractivity contribution in [3.05, 3.63) is 76.0 Å². The molecule has 2 aromatic carbocycles. The van der Waals surface area contributed by atoms with E-state index in [0.29, 0.717) is 4.90 Å². The van der Waals surface area contributed by atoms with Gasteiger partial charge in [0.15, 0.2) is 0 Å². The summed E-state index contributed by atoms with van der Waals surface area (Å²) in [5, 5.41) is 16.5.